The van der Waals surface area contributed by atoms with Crippen molar-refractivity contribution < 1.29 is 0 Å². The number of rotatable bonds is 2. The van der Waals surface area contributed by atoms with Crippen LogP contribution in [-0.4, -0.2) is 16.1 Å². The maximum atomic E-state index is 4.61. The van der Waals surface area contributed by atoms with Crippen molar-refractivity contribution in [2.24, 2.45) is 0 Å². The van der Waals surface area contributed by atoms with Gasteiger partial charge in [-0.05, 0) is 37.6 Å². The molecule has 3 aromatic rings. The lowest BCUT2D eigenvalue weighted by Crippen LogP contribution is -2.35. The van der Waals surface area contributed by atoms with Gasteiger partial charge in [0.1, 0.15) is 6.17 Å². The second-order valence-electron chi connectivity index (χ2n) is 5.70. The van der Waals surface area contributed by atoms with Crippen LogP contribution in [0, 0.1) is 6.92 Å². The van der Waals surface area contributed by atoms with Crippen LogP contribution < -0.4 is 9.80 Å². The molecule has 4 nitrogen and oxygen atoms in total. The number of aromatic nitrogens is 2. The van der Waals surface area contributed by atoms with Gasteiger partial charge >= 0.3 is 0 Å². The number of nitrogens with zero attached hydrogens (tertiary/aromatic N) is 4. The van der Waals surface area contributed by atoms with Crippen LogP contribution in [0.25, 0.3) is 0 Å². The molecule has 1 aliphatic heterocycles. The summed E-state index contributed by atoms with van der Waals surface area (Å²) in [7, 11) is 0. The third-order valence-electron chi connectivity index (χ3n) is 4.27. The predicted molar refractivity (Wildman–Crippen MR) is 93.4 cm³/mol. The zero-order chi connectivity index (χ0) is 15.8. The first-order chi connectivity index (χ1) is 11.3. The first-order valence-electron chi connectivity index (χ1n) is 7.77. The van der Waals surface area contributed by atoms with Crippen LogP contribution in [-0.2, 0) is 0 Å². The minimum absolute atomic E-state index is 0.107. The van der Waals surface area contributed by atoms with Crippen molar-refractivity contribution >= 4 is 23.0 Å². The molecule has 0 amide bonds. The zero-order valence-electron chi connectivity index (χ0n) is 13.2. The average Bonchev–Trinajstić information content (AvgIpc) is 2.88. The fourth-order valence-corrected chi connectivity index (χ4v) is 3.21. The van der Waals surface area contributed by atoms with Crippen molar-refractivity contribution in [2.75, 3.05) is 9.80 Å². The molecule has 0 radical (unpaired) electrons. The van der Waals surface area contributed by atoms with E-state index in [1.165, 1.54) is 11.3 Å². The Bertz CT molecular complexity index is 832. The third kappa shape index (κ3) is 2.14. The predicted octanol–water partition coefficient (Wildman–Crippen LogP) is 4.42. The van der Waals surface area contributed by atoms with Crippen LogP contribution in [0.4, 0.5) is 23.0 Å². The second kappa shape index (κ2) is 5.39. The third-order valence-corrected chi connectivity index (χ3v) is 4.27. The van der Waals surface area contributed by atoms with Gasteiger partial charge in [0.15, 0.2) is 11.6 Å². The minimum atomic E-state index is 0.107. The normalized spacial score (nSPS) is 16.5. The van der Waals surface area contributed by atoms with Gasteiger partial charge in [-0.1, -0.05) is 36.4 Å². The summed E-state index contributed by atoms with van der Waals surface area (Å²) in [5, 5.41) is 0. The summed E-state index contributed by atoms with van der Waals surface area (Å²) in [5.74, 6) is 1.80. The molecule has 0 aliphatic carbocycles. The van der Waals surface area contributed by atoms with Gasteiger partial charge in [-0.25, -0.2) is 9.97 Å². The summed E-state index contributed by atoms with van der Waals surface area (Å²) in [6, 6.07) is 18.7. The van der Waals surface area contributed by atoms with Gasteiger partial charge in [0.25, 0.3) is 0 Å². The van der Waals surface area contributed by atoms with Gasteiger partial charge in [0.2, 0.25) is 0 Å². The molecule has 0 fully saturated rings. The van der Waals surface area contributed by atoms with Crippen LogP contribution in [0.3, 0.4) is 0 Å². The van der Waals surface area contributed by atoms with Crippen LogP contribution in [0.5, 0.6) is 0 Å². The number of anilines is 4. The molecule has 4 heteroatoms. The van der Waals surface area contributed by atoms with Crippen LogP contribution in [0.1, 0.15) is 12.5 Å². The number of aryl methyl sites for hydroxylation is 1. The molecular formula is C19H18N4. The molecule has 0 unspecified atom stereocenters. The van der Waals surface area contributed by atoms with Crippen molar-refractivity contribution in [3.8, 4) is 0 Å². The van der Waals surface area contributed by atoms with E-state index in [0.717, 1.165) is 17.3 Å². The average molecular weight is 302 g/mol. The summed E-state index contributed by atoms with van der Waals surface area (Å²) in [5.41, 5.74) is 3.52. The monoisotopic (exact) mass is 302 g/mol. The number of hydrogen-bond donors (Lipinski definition) is 0. The van der Waals surface area contributed by atoms with Gasteiger partial charge in [0.05, 0.1) is 0 Å². The van der Waals surface area contributed by atoms with E-state index in [9.17, 15) is 0 Å². The molecule has 1 aromatic heterocycles. The summed E-state index contributed by atoms with van der Waals surface area (Å²) >= 11 is 0. The van der Waals surface area contributed by atoms with Gasteiger partial charge in [-0.2, -0.15) is 0 Å². The highest BCUT2D eigenvalue weighted by Crippen LogP contribution is 2.45. The summed E-state index contributed by atoms with van der Waals surface area (Å²) in [6.45, 7) is 4.31. The van der Waals surface area contributed by atoms with Gasteiger partial charge in [-0.3, -0.25) is 0 Å². The van der Waals surface area contributed by atoms with Crippen LogP contribution in [0.2, 0.25) is 0 Å². The molecule has 1 atom stereocenters. The molecule has 0 N–H and O–H groups in total. The van der Waals surface area contributed by atoms with E-state index in [2.05, 4.69) is 82.1 Å². The van der Waals surface area contributed by atoms with Crippen molar-refractivity contribution in [3.63, 3.8) is 0 Å². The summed E-state index contributed by atoms with van der Waals surface area (Å²) in [4.78, 5) is 13.7. The lowest BCUT2D eigenvalue weighted by Gasteiger charge is -2.30. The molecule has 4 rings (SSSR count). The standard InChI is InChI=1S/C19H18N4/c1-14-8-6-7-11-17(14)23-15(2)22(16-9-4-3-5-10-16)18-19(23)21-13-12-20-18/h3-13,15H,1-2H3/t15-/m1/s1. The number of hydrogen-bond acceptors (Lipinski definition) is 4. The van der Waals surface area contributed by atoms with Gasteiger partial charge in [0, 0.05) is 23.8 Å². The first-order valence-corrected chi connectivity index (χ1v) is 7.77. The zero-order valence-corrected chi connectivity index (χ0v) is 13.2. The number of benzene rings is 2. The SMILES string of the molecule is Cc1ccccc1N1c2nccnc2N(c2ccccc2)[C@H]1C. The van der Waals surface area contributed by atoms with Crippen molar-refractivity contribution in [1.82, 2.24) is 9.97 Å². The topological polar surface area (TPSA) is 32.3 Å². The summed E-state index contributed by atoms with van der Waals surface area (Å²) < 4.78 is 0. The highest BCUT2D eigenvalue weighted by atomic mass is 15.5. The lowest BCUT2D eigenvalue weighted by atomic mass is 10.2. The van der Waals surface area contributed by atoms with Crippen molar-refractivity contribution in [1.29, 1.82) is 0 Å². The number of para-hydroxylation sites is 2. The maximum Gasteiger partial charge on any atom is 0.178 e. The van der Waals surface area contributed by atoms with Crippen molar-refractivity contribution in [2.45, 2.75) is 20.0 Å². The van der Waals surface area contributed by atoms with Crippen LogP contribution >= 0.6 is 0 Å². The minimum Gasteiger partial charge on any atom is -0.302 e. The molecule has 0 saturated heterocycles. The molecule has 1 aliphatic rings. The van der Waals surface area contributed by atoms with E-state index < -0.39 is 0 Å². The molecule has 0 bridgehead atoms. The molecule has 114 valence electrons. The van der Waals surface area contributed by atoms with E-state index in [-0.39, 0.29) is 6.17 Å². The molecule has 0 saturated carbocycles. The van der Waals surface area contributed by atoms with Gasteiger partial charge < -0.3 is 9.80 Å². The first kappa shape index (κ1) is 13.8. The molecular weight excluding hydrogens is 284 g/mol. The Hall–Kier alpha value is -2.88. The van der Waals surface area contributed by atoms with Crippen molar-refractivity contribution in [3.05, 3.63) is 72.6 Å². The lowest BCUT2D eigenvalue weighted by molar-refractivity contribution is 0.752. The molecule has 23 heavy (non-hydrogen) atoms. The molecule has 0 spiro atoms. The Morgan fingerprint density at radius 3 is 2.09 bits per heavy atom. The Balaban J connectivity index is 1.89. The molecule has 2 aromatic carbocycles. The fourth-order valence-electron chi connectivity index (χ4n) is 3.21. The Kier molecular flexibility index (Phi) is 3.23. The Morgan fingerprint density at radius 2 is 1.39 bits per heavy atom. The van der Waals surface area contributed by atoms with E-state index >= 15 is 0 Å². The highest BCUT2D eigenvalue weighted by Gasteiger charge is 2.37. The Labute approximate surface area is 136 Å². The smallest absolute Gasteiger partial charge is 0.178 e. The second-order valence-corrected chi connectivity index (χ2v) is 5.70. The quantitative estimate of drug-likeness (QED) is 0.701. The summed E-state index contributed by atoms with van der Waals surface area (Å²) in [6.07, 6.45) is 3.62. The Morgan fingerprint density at radius 1 is 0.783 bits per heavy atom. The highest BCUT2D eigenvalue weighted by molar-refractivity contribution is 5.83. The molecule has 2 heterocycles. The fraction of sp³-hybridized carbons (Fsp3) is 0.158. The van der Waals surface area contributed by atoms with E-state index in [1.807, 2.05) is 6.07 Å². The van der Waals surface area contributed by atoms with E-state index in [1.54, 1.807) is 12.4 Å². The van der Waals surface area contributed by atoms with Crippen LogP contribution in [0.15, 0.2) is 67.0 Å². The van der Waals surface area contributed by atoms with Gasteiger partial charge in [-0.15, -0.1) is 0 Å². The van der Waals surface area contributed by atoms with E-state index in [4.69, 9.17) is 0 Å². The maximum absolute atomic E-state index is 4.61. The largest absolute Gasteiger partial charge is 0.302 e. The van der Waals surface area contributed by atoms with E-state index in [0.29, 0.717) is 0 Å². The number of fused-ring (bicyclic) bond motifs is 1.